The number of nitrogens with zero attached hydrogens (tertiary/aromatic N) is 1. The van der Waals surface area contributed by atoms with Crippen LogP contribution in [-0.4, -0.2) is 4.57 Å². The highest BCUT2D eigenvalue weighted by Gasteiger charge is 2.04. The van der Waals surface area contributed by atoms with Gasteiger partial charge in [-0.15, -0.1) is 0 Å². The van der Waals surface area contributed by atoms with Gasteiger partial charge in [0.25, 0.3) is 0 Å². The van der Waals surface area contributed by atoms with Crippen molar-refractivity contribution in [3.05, 3.63) is 109 Å². The molecule has 5 aromatic rings. The van der Waals surface area contributed by atoms with Crippen molar-refractivity contribution in [2.75, 3.05) is 0 Å². The molecule has 4 aromatic carbocycles. The summed E-state index contributed by atoms with van der Waals surface area (Å²) in [4.78, 5) is 0. The van der Waals surface area contributed by atoms with Crippen LogP contribution in [0, 0.1) is 6.92 Å². The van der Waals surface area contributed by atoms with Crippen LogP contribution in [0.3, 0.4) is 0 Å². The molecular weight excluding hydrogens is 326 g/mol. The summed E-state index contributed by atoms with van der Waals surface area (Å²) >= 11 is 0. The van der Waals surface area contributed by atoms with E-state index in [2.05, 4.69) is 116 Å². The first-order valence-corrected chi connectivity index (χ1v) is 9.29. The molecule has 0 aliphatic carbocycles. The normalized spacial score (nSPS) is 10.6. The highest BCUT2D eigenvalue weighted by atomic mass is 14.9. The Balaban J connectivity index is 0.000000134. The van der Waals surface area contributed by atoms with Gasteiger partial charge < -0.3 is 4.57 Å². The minimum absolute atomic E-state index is 1.29. The van der Waals surface area contributed by atoms with Crippen LogP contribution < -0.4 is 0 Å². The maximum absolute atomic E-state index is 2.24. The molecule has 0 radical (unpaired) electrons. The van der Waals surface area contributed by atoms with Crippen LogP contribution in [0.25, 0.3) is 32.9 Å². The van der Waals surface area contributed by atoms with Gasteiger partial charge in [0.2, 0.25) is 0 Å². The zero-order valence-corrected chi connectivity index (χ0v) is 15.8. The third kappa shape index (κ3) is 3.37. The standard InChI is InChI=1S/C13H11N.C13H12/c1-14-12-8-4-2-6-10(12)11-7-3-5-9-13(11)14;1-11-7-5-6-10-13(11)12-8-3-2-4-9-12/h2-9H,1H3;2-10H,1H3. The molecule has 27 heavy (non-hydrogen) atoms. The van der Waals surface area contributed by atoms with Crippen molar-refractivity contribution in [3.63, 3.8) is 0 Å². The first-order chi connectivity index (χ1) is 13.3. The number of aryl methyl sites for hydroxylation is 2. The number of rotatable bonds is 1. The van der Waals surface area contributed by atoms with Crippen molar-refractivity contribution in [2.45, 2.75) is 6.92 Å². The van der Waals surface area contributed by atoms with E-state index in [1.54, 1.807) is 0 Å². The van der Waals surface area contributed by atoms with Crippen LogP contribution >= 0.6 is 0 Å². The minimum Gasteiger partial charge on any atom is -0.344 e. The van der Waals surface area contributed by atoms with Crippen molar-refractivity contribution in [1.82, 2.24) is 4.57 Å². The molecule has 1 aromatic heterocycles. The van der Waals surface area contributed by atoms with Crippen LogP contribution in [0.15, 0.2) is 103 Å². The first kappa shape index (κ1) is 17.1. The summed E-state index contributed by atoms with van der Waals surface area (Å²) in [5.74, 6) is 0. The number of benzene rings is 4. The summed E-state index contributed by atoms with van der Waals surface area (Å²) in [6.45, 7) is 2.14. The fourth-order valence-corrected chi connectivity index (χ4v) is 3.63. The smallest absolute Gasteiger partial charge is 0.0488 e. The monoisotopic (exact) mass is 349 g/mol. The van der Waals surface area contributed by atoms with Gasteiger partial charge in [-0.3, -0.25) is 0 Å². The van der Waals surface area contributed by atoms with Crippen LogP contribution in [0.5, 0.6) is 0 Å². The Morgan fingerprint density at radius 3 is 1.59 bits per heavy atom. The molecule has 5 rings (SSSR count). The highest BCUT2D eigenvalue weighted by molar-refractivity contribution is 6.07. The molecule has 0 saturated heterocycles. The van der Waals surface area contributed by atoms with Gasteiger partial charge in [-0.25, -0.2) is 0 Å². The molecule has 0 fully saturated rings. The predicted molar refractivity (Wildman–Crippen MR) is 117 cm³/mol. The Hall–Kier alpha value is -3.32. The Labute approximate surface area is 160 Å². The zero-order chi connectivity index (χ0) is 18.6. The Morgan fingerprint density at radius 2 is 1.00 bits per heavy atom. The van der Waals surface area contributed by atoms with E-state index in [4.69, 9.17) is 0 Å². The molecule has 0 aliphatic heterocycles. The van der Waals surface area contributed by atoms with Gasteiger partial charge in [-0.05, 0) is 35.7 Å². The molecule has 0 amide bonds. The fraction of sp³-hybridized carbons (Fsp3) is 0.0769. The van der Waals surface area contributed by atoms with Crippen molar-refractivity contribution >= 4 is 21.8 Å². The summed E-state index contributed by atoms with van der Waals surface area (Å²) in [6, 6.07) is 36.0. The number of fused-ring (bicyclic) bond motifs is 3. The van der Waals surface area contributed by atoms with E-state index in [1.165, 1.54) is 38.5 Å². The third-order valence-electron chi connectivity index (χ3n) is 5.05. The molecule has 0 saturated carbocycles. The molecule has 0 atom stereocenters. The SMILES string of the molecule is Cc1ccccc1-c1ccccc1.Cn1c2ccccc2c2ccccc21. The molecule has 132 valence electrons. The number of hydrogen-bond donors (Lipinski definition) is 0. The number of para-hydroxylation sites is 2. The molecule has 1 heterocycles. The first-order valence-electron chi connectivity index (χ1n) is 9.29. The van der Waals surface area contributed by atoms with Crippen molar-refractivity contribution < 1.29 is 0 Å². The second-order valence-electron chi connectivity index (χ2n) is 6.77. The maximum atomic E-state index is 2.24. The molecule has 1 nitrogen and oxygen atoms in total. The second kappa shape index (κ2) is 7.51. The highest BCUT2D eigenvalue weighted by Crippen LogP contribution is 2.27. The average Bonchev–Trinajstić information content (AvgIpc) is 3.03. The van der Waals surface area contributed by atoms with Crippen LogP contribution in [0.4, 0.5) is 0 Å². The van der Waals surface area contributed by atoms with E-state index in [9.17, 15) is 0 Å². The fourth-order valence-electron chi connectivity index (χ4n) is 3.63. The van der Waals surface area contributed by atoms with Gasteiger partial charge >= 0.3 is 0 Å². The van der Waals surface area contributed by atoms with Crippen LogP contribution in [0.1, 0.15) is 5.56 Å². The number of aromatic nitrogens is 1. The summed E-state index contributed by atoms with van der Waals surface area (Å²) in [7, 11) is 2.12. The molecule has 0 N–H and O–H groups in total. The number of hydrogen-bond acceptors (Lipinski definition) is 0. The third-order valence-corrected chi connectivity index (χ3v) is 5.05. The van der Waals surface area contributed by atoms with Gasteiger partial charge in [0.05, 0.1) is 0 Å². The van der Waals surface area contributed by atoms with E-state index in [-0.39, 0.29) is 0 Å². The Bertz CT molecular complexity index is 1130. The van der Waals surface area contributed by atoms with Crippen molar-refractivity contribution in [1.29, 1.82) is 0 Å². The van der Waals surface area contributed by atoms with E-state index in [0.717, 1.165) is 0 Å². The Kier molecular flexibility index (Phi) is 4.76. The minimum atomic E-state index is 1.29. The van der Waals surface area contributed by atoms with Crippen LogP contribution in [0.2, 0.25) is 0 Å². The topological polar surface area (TPSA) is 4.93 Å². The lowest BCUT2D eigenvalue weighted by Gasteiger charge is -2.04. The zero-order valence-electron chi connectivity index (χ0n) is 15.8. The quantitative estimate of drug-likeness (QED) is 0.307. The van der Waals surface area contributed by atoms with E-state index >= 15 is 0 Å². The molecule has 0 aliphatic rings. The summed E-state index contributed by atoms with van der Waals surface area (Å²) in [5.41, 5.74) is 6.54. The molecular formula is C26H23N. The Morgan fingerprint density at radius 1 is 0.519 bits per heavy atom. The average molecular weight is 349 g/mol. The van der Waals surface area contributed by atoms with Crippen molar-refractivity contribution in [3.8, 4) is 11.1 Å². The molecule has 1 heteroatoms. The van der Waals surface area contributed by atoms with E-state index in [1.807, 2.05) is 6.07 Å². The summed E-state index contributed by atoms with van der Waals surface area (Å²) in [6.07, 6.45) is 0. The lowest BCUT2D eigenvalue weighted by Crippen LogP contribution is -1.84. The maximum Gasteiger partial charge on any atom is 0.0488 e. The van der Waals surface area contributed by atoms with Gasteiger partial charge in [-0.2, -0.15) is 0 Å². The van der Waals surface area contributed by atoms with Gasteiger partial charge in [0.1, 0.15) is 0 Å². The lowest BCUT2D eigenvalue weighted by molar-refractivity contribution is 1.01. The molecule has 0 bridgehead atoms. The van der Waals surface area contributed by atoms with Crippen LogP contribution in [-0.2, 0) is 7.05 Å². The van der Waals surface area contributed by atoms with E-state index < -0.39 is 0 Å². The van der Waals surface area contributed by atoms with Crippen molar-refractivity contribution in [2.24, 2.45) is 7.05 Å². The largest absolute Gasteiger partial charge is 0.344 e. The summed E-state index contributed by atoms with van der Waals surface area (Å²) in [5, 5.41) is 2.68. The van der Waals surface area contributed by atoms with Gasteiger partial charge in [0, 0.05) is 28.9 Å². The summed E-state index contributed by atoms with van der Waals surface area (Å²) < 4.78 is 2.24. The van der Waals surface area contributed by atoms with Gasteiger partial charge in [0.15, 0.2) is 0 Å². The second-order valence-corrected chi connectivity index (χ2v) is 6.77. The predicted octanol–water partition coefficient (Wildman–Crippen LogP) is 6.99. The lowest BCUT2D eigenvalue weighted by atomic mass is 10.0. The molecule has 0 unspecified atom stereocenters. The van der Waals surface area contributed by atoms with E-state index in [0.29, 0.717) is 0 Å². The van der Waals surface area contributed by atoms with Gasteiger partial charge in [-0.1, -0.05) is 91.0 Å². The molecule has 0 spiro atoms.